The molecule has 136 valence electrons. The van der Waals surface area contributed by atoms with Crippen molar-refractivity contribution >= 4 is 16.8 Å². The molecule has 0 spiro atoms. The second-order valence-electron chi connectivity index (χ2n) is 6.53. The van der Waals surface area contributed by atoms with Crippen LogP contribution in [-0.4, -0.2) is 16.0 Å². The van der Waals surface area contributed by atoms with E-state index in [9.17, 15) is 9.18 Å². The lowest BCUT2D eigenvalue weighted by Gasteiger charge is -2.04. The smallest absolute Gasteiger partial charge is 0.290 e. The van der Waals surface area contributed by atoms with Gasteiger partial charge in [0.1, 0.15) is 5.82 Å². The fourth-order valence-corrected chi connectivity index (χ4v) is 3.13. The fraction of sp³-hybridized carbons (Fsp3) is 0.143. The van der Waals surface area contributed by atoms with Crippen molar-refractivity contribution in [3.8, 4) is 11.3 Å². The first kappa shape index (κ1) is 17.0. The van der Waals surface area contributed by atoms with Crippen LogP contribution in [0, 0.1) is 19.7 Å². The summed E-state index contributed by atoms with van der Waals surface area (Å²) in [4.78, 5) is 15.5. The number of rotatable bonds is 4. The minimum atomic E-state index is -0.298. The minimum Gasteiger partial charge on any atom is -0.354 e. The van der Waals surface area contributed by atoms with Gasteiger partial charge in [0.15, 0.2) is 0 Å². The average Bonchev–Trinajstić information content (AvgIpc) is 3.24. The molecule has 0 saturated carbocycles. The van der Waals surface area contributed by atoms with Gasteiger partial charge in [-0.15, -0.1) is 0 Å². The van der Waals surface area contributed by atoms with Crippen LogP contribution in [0.3, 0.4) is 0 Å². The summed E-state index contributed by atoms with van der Waals surface area (Å²) in [5.74, 6) is -0.356. The van der Waals surface area contributed by atoms with Gasteiger partial charge in [0.25, 0.3) is 5.91 Å². The maximum Gasteiger partial charge on any atom is 0.290 e. The number of carbonyl (C=O) groups excluding carboxylic acids is 1. The van der Waals surface area contributed by atoms with E-state index < -0.39 is 0 Å². The first-order valence-electron chi connectivity index (χ1n) is 8.60. The molecule has 0 atom stereocenters. The molecule has 6 heteroatoms. The van der Waals surface area contributed by atoms with Crippen LogP contribution in [0.1, 0.15) is 27.4 Å². The molecule has 0 bridgehead atoms. The van der Waals surface area contributed by atoms with E-state index in [1.165, 1.54) is 12.1 Å². The first-order valence-corrected chi connectivity index (χ1v) is 8.60. The molecule has 2 aromatic carbocycles. The number of nitrogens with one attached hydrogen (secondary N) is 2. The lowest BCUT2D eigenvalue weighted by atomic mass is 10.0. The third-order valence-corrected chi connectivity index (χ3v) is 4.56. The van der Waals surface area contributed by atoms with Gasteiger partial charge in [0.05, 0.1) is 5.69 Å². The fourth-order valence-electron chi connectivity index (χ4n) is 3.13. The molecule has 0 aliphatic rings. The number of hydrogen-bond donors (Lipinski definition) is 2. The van der Waals surface area contributed by atoms with Crippen molar-refractivity contribution in [1.29, 1.82) is 0 Å². The molecule has 0 fully saturated rings. The molecule has 27 heavy (non-hydrogen) atoms. The number of amides is 1. The Morgan fingerprint density at radius 1 is 1.15 bits per heavy atom. The van der Waals surface area contributed by atoms with Crippen LogP contribution in [0.4, 0.5) is 4.39 Å². The van der Waals surface area contributed by atoms with Gasteiger partial charge in [-0.2, -0.15) is 0 Å². The predicted molar refractivity (Wildman–Crippen MR) is 101 cm³/mol. The molecule has 5 nitrogen and oxygen atoms in total. The van der Waals surface area contributed by atoms with Crippen molar-refractivity contribution in [2.75, 3.05) is 0 Å². The Morgan fingerprint density at radius 2 is 1.93 bits per heavy atom. The highest BCUT2D eigenvalue weighted by Crippen LogP contribution is 2.30. The minimum absolute atomic E-state index is 0.199. The van der Waals surface area contributed by atoms with Gasteiger partial charge in [0.2, 0.25) is 5.76 Å². The maximum absolute atomic E-state index is 13.2. The number of carbonyl (C=O) groups is 1. The predicted octanol–water partition coefficient (Wildman–Crippen LogP) is 4.51. The largest absolute Gasteiger partial charge is 0.354 e. The van der Waals surface area contributed by atoms with Gasteiger partial charge >= 0.3 is 0 Å². The number of halogens is 1. The molecule has 0 aliphatic heterocycles. The van der Waals surface area contributed by atoms with Gasteiger partial charge in [-0.25, -0.2) is 4.39 Å². The molecular weight excluding hydrogens is 345 g/mol. The third-order valence-electron chi connectivity index (χ3n) is 4.56. The molecule has 2 N–H and O–H groups in total. The SMILES string of the molecule is Cc1cc(C(=O)NCc2ccc3[nH]c(-c4ccc(F)cc4)c(C)c3c2)on1. The summed E-state index contributed by atoms with van der Waals surface area (Å²) in [6.45, 7) is 4.17. The molecule has 0 unspecified atom stereocenters. The topological polar surface area (TPSA) is 70.9 Å². The highest BCUT2D eigenvalue weighted by Gasteiger charge is 2.13. The zero-order chi connectivity index (χ0) is 19.0. The highest BCUT2D eigenvalue weighted by molar-refractivity contribution is 5.92. The van der Waals surface area contributed by atoms with Gasteiger partial charge in [-0.05, 0) is 66.9 Å². The third kappa shape index (κ3) is 3.33. The number of nitrogens with zero attached hydrogens (tertiary/aromatic N) is 1. The van der Waals surface area contributed by atoms with Crippen LogP contribution in [0.5, 0.6) is 0 Å². The summed E-state index contributed by atoms with van der Waals surface area (Å²) >= 11 is 0. The number of benzene rings is 2. The van der Waals surface area contributed by atoms with Crippen molar-refractivity contribution < 1.29 is 13.7 Å². The first-order chi connectivity index (χ1) is 13.0. The molecular formula is C21H18FN3O2. The van der Waals surface area contributed by atoms with E-state index >= 15 is 0 Å². The van der Waals surface area contributed by atoms with Crippen LogP contribution in [0.2, 0.25) is 0 Å². The van der Waals surface area contributed by atoms with E-state index in [1.54, 1.807) is 25.1 Å². The number of H-pyrrole nitrogens is 1. The van der Waals surface area contributed by atoms with Gasteiger partial charge in [-0.1, -0.05) is 11.2 Å². The quantitative estimate of drug-likeness (QED) is 0.560. The Hall–Kier alpha value is -3.41. The van der Waals surface area contributed by atoms with E-state index in [1.807, 2.05) is 25.1 Å². The molecule has 0 radical (unpaired) electrons. The number of aromatic amines is 1. The van der Waals surface area contributed by atoms with Gasteiger partial charge in [0, 0.05) is 29.2 Å². The summed E-state index contributed by atoms with van der Waals surface area (Å²) in [6.07, 6.45) is 0. The van der Waals surface area contributed by atoms with Crippen LogP contribution < -0.4 is 5.32 Å². The van der Waals surface area contributed by atoms with Crippen molar-refractivity contribution in [3.05, 3.63) is 76.9 Å². The van der Waals surface area contributed by atoms with Gasteiger partial charge < -0.3 is 14.8 Å². The van der Waals surface area contributed by atoms with Gasteiger partial charge in [-0.3, -0.25) is 4.79 Å². The highest BCUT2D eigenvalue weighted by atomic mass is 19.1. The summed E-state index contributed by atoms with van der Waals surface area (Å²) in [5, 5.41) is 7.62. The maximum atomic E-state index is 13.2. The van der Waals surface area contributed by atoms with E-state index in [-0.39, 0.29) is 17.5 Å². The normalized spacial score (nSPS) is 11.1. The molecule has 1 amide bonds. The molecule has 0 aliphatic carbocycles. The van der Waals surface area contributed by atoms with Crippen LogP contribution in [0.25, 0.3) is 22.2 Å². The van der Waals surface area contributed by atoms with Crippen molar-refractivity contribution in [2.24, 2.45) is 0 Å². The number of fused-ring (bicyclic) bond motifs is 1. The van der Waals surface area contributed by atoms with Crippen molar-refractivity contribution in [2.45, 2.75) is 20.4 Å². The lowest BCUT2D eigenvalue weighted by molar-refractivity contribution is 0.0914. The zero-order valence-electron chi connectivity index (χ0n) is 15.0. The van der Waals surface area contributed by atoms with Crippen LogP contribution in [-0.2, 0) is 6.54 Å². The standard InChI is InChI=1S/C21H18FN3O2/c1-12-9-19(27-25-12)21(26)23-11-14-3-8-18-17(10-14)13(2)20(24-18)15-4-6-16(22)7-5-15/h3-10,24H,11H2,1-2H3,(H,23,26). The second kappa shape index (κ2) is 6.72. The Bertz CT molecular complexity index is 1130. The van der Waals surface area contributed by atoms with Crippen molar-refractivity contribution in [3.63, 3.8) is 0 Å². The average molecular weight is 363 g/mol. The molecule has 0 saturated heterocycles. The summed E-state index contributed by atoms with van der Waals surface area (Å²) < 4.78 is 18.1. The van der Waals surface area contributed by atoms with Crippen molar-refractivity contribution in [1.82, 2.24) is 15.5 Å². The van der Waals surface area contributed by atoms with E-state index in [0.29, 0.717) is 12.2 Å². The Kier molecular flexibility index (Phi) is 4.24. The Morgan fingerprint density at radius 3 is 2.63 bits per heavy atom. The van der Waals surface area contributed by atoms with E-state index in [0.717, 1.165) is 33.3 Å². The number of aromatic nitrogens is 2. The summed E-state index contributed by atoms with van der Waals surface area (Å²) in [6, 6.07) is 14.0. The monoisotopic (exact) mass is 363 g/mol. The lowest BCUT2D eigenvalue weighted by Crippen LogP contribution is -2.22. The van der Waals surface area contributed by atoms with E-state index in [2.05, 4.69) is 15.5 Å². The molecule has 4 aromatic rings. The molecule has 4 rings (SSSR count). The Balaban J connectivity index is 1.57. The number of hydrogen-bond acceptors (Lipinski definition) is 3. The molecule has 2 heterocycles. The zero-order valence-corrected chi connectivity index (χ0v) is 15.0. The van der Waals surface area contributed by atoms with Crippen LogP contribution in [0.15, 0.2) is 53.1 Å². The van der Waals surface area contributed by atoms with E-state index in [4.69, 9.17) is 4.52 Å². The summed E-state index contributed by atoms with van der Waals surface area (Å²) in [7, 11) is 0. The summed E-state index contributed by atoms with van der Waals surface area (Å²) in [5.41, 5.74) is 5.60. The Labute approximate surface area is 155 Å². The number of aryl methyl sites for hydroxylation is 2. The van der Waals surface area contributed by atoms with Crippen LogP contribution >= 0.6 is 0 Å². The molecule has 2 aromatic heterocycles. The second-order valence-corrected chi connectivity index (χ2v) is 6.53.